The molecule has 1 nitrogen and oxygen atoms in total. The van der Waals surface area contributed by atoms with Crippen LogP contribution in [0.3, 0.4) is 0 Å². The Balaban J connectivity index is 2.76. The van der Waals surface area contributed by atoms with Crippen molar-refractivity contribution in [3.8, 4) is 22.4 Å². The van der Waals surface area contributed by atoms with Gasteiger partial charge in [-0.1, -0.05) is 150 Å². The van der Waals surface area contributed by atoms with Crippen LogP contribution in [0.4, 0.5) is 0 Å². The zero-order chi connectivity index (χ0) is 59.6. The number of nitrogens with zero attached hydrogens (tertiary/aromatic N) is 1. The second-order valence-electron chi connectivity index (χ2n) is 30.0. The smallest absolute Gasteiger partial charge is 0.0579 e. The van der Waals surface area contributed by atoms with E-state index in [-0.39, 0.29) is 43.8 Å². The van der Waals surface area contributed by atoms with Gasteiger partial charge in [0.25, 0.3) is 0 Å². The summed E-state index contributed by atoms with van der Waals surface area (Å²) in [7, 11) is 0. The summed E-state index contributed by atoms with van der Waals surface area (Å²) >= 11 is 0. The van der Waals surface area contributed by atoms with Crippen LogP contribution < -0.4 is 0 Å². The molecule has 0 amide bonds. The molecule has 3 aromatic carbocycles. The normalized spacial score (nSPS) is 15.5. The predicted octanol–water partition coefficient (Wildman–Crippen LogP) is 23.2. The van der Waals surface area contributed by atoms with E-state index in [9.17, 15) is 0 Å². The van der Waals surface area contributed by atoms with Gasteiger partial charge in [0.15, 0.2) is 0 Å². The maximum Gasteiger partial charge on any atom is 0.0579 e. The first-order chi connectivity index (χ1) is 34.1. The van der Waals surface area contributed by atoms with Gasteiger partial charge in [-0.05, 0) is 275 Å². The van der Waals surface area contributed by atoms with Crippen LogP contribution in [0.5, 0.6) is 0 Å². The molecular weight excluding hydrogens is 915 g/mol. The molecule has 0 radical (unpaired) electrons. The lowest BCUT2D eigenvalue weighted by Crippen LogP contribution is -2.64. The van der Waals surface area contributed by atoms with Crippen molar-refractivity contribution < 1.29 is 0 Å². The Labute approximate surface area is 472 Å². The van der Waals surface area contributed by atoms with E-state index in [1.54, 1.807) is 0 Å². The van der Waals surface area contributed by atoms with Crippen molar-refractivity contribution in [1.82, 2.24) is 4.57 Å². The first-order valence-corrected chi connectivity index (χ1v) is 30.0. The molecule has 0 saturated heterocycles. The zero-order valence-electron chi connectivity index (χ0n) is 57.1. The van der Waals surface area contributed by atoms with E-state index in [0.717, 1.165) is 19.3 Å². The topological polar surface area (TPSA) is 4.93 Å². The lowest BCUT2D eigenvalue weighted by Gasteiger charge is -2.68. The van der Waals surface area contributed by atoms with E-state index in [2.05, 4.69) is 254 Å². The van der Waals surface area contributed by atoms with Gasteiger partial charge in [0, 0.05) is 39.3 Å². The molecule has 424 valence electrons. The maximum absolute atomic E-state index is 5.58. The maximum atomic E-state index is 5.58. The zero-order valence-corrected chi connectivity index (χ0v) is 57.1. The van der Waals surface area contributed by atoms with Crippen LogP contribution in [0.25, 0.3) is 28.0 Å². The van der Waals surface area contributed by atoms with Crippen molar-refractivity contribution in [2.45, 2.75) is 285 Å². The molecule has 0 aliphatic carbocycles. The minimum atomic E-state index is -0.514. The van der Waals surface area contributed by atoms with Crippen molar-refractivity contribution in [3.05, 3.63) is 119 Å². The first kappa shape index (κ1) is 64.9. The van der Waals surface area contributed by atoms with E-state index in [1.807, 2.05) is 0 Å². The van der Waals surface area contributed by atoms with Crippen LogP contribution in [-0.2, 0) is 11.0 Å². The number of hydrogen-bond acceptors (Lipinski definition) is 0. The first-order valence-electron chi connectivity index (χ1n) is 30.0. The van der Waals surface area contributed by atoms with Crippen LogP contribution in [0.1, 0.15) is 271 Å². The van der Waals surface area contributed by atoms with Gasteiger partial charge >= 0.3 is 0 Å². The molecule has 0 spiro atoms. The van der Waals surface area contributed by atoms with E-state index < -0.39 is 11.0 Å². The molecule has 1 heteroatoms. The van der Waals surface area contributed by atoms with Crippen molar-refractivity contribution >= 4 is 5.57 Å². The summed E-state index contributed by atoms with van der Waals surface area (Å²) in [5.41, 5.74) is 30.8. The Morgan fingerprint density at radius 2 is 0.724 bits per heavy atom. The predicted molar refractivity (Wildman–Crippen MR) is 343 cm³/mol. The summed E-state index contributed by atoms with van der Waals surface area (Å²) in [5, 5.41) is 0. The Hall–Kier alpha value is -3.58. The number of benzene rings is 3. The molecule has 1 aromatic heterocycles. The highest BCUT2D eigenvalue weighted by Gasteiger charge is 2.66. The number of rotatable bonds is 16. The van der Waals surface area contributed by atoms with Gasteiger partial charge in [0.2, 0.25) is 0 Å². The van der Waals surface area contributed by atoms with E-state index in [1.165, 1.54) is 134 Å². The van der Waals surface area contributed by atoms with Gasteiger partial charge < -0.3 is 4.57 Å². The van der Waals surface area contributed by atoms with Crippen LogP contribution >= 0.6 is 0 Å². The quantitative estimate of drug-likeness (QED) is 0.0986. The summed E-state index contributed by atoms with van der Waals surface area (Å²) in [5.74, 6) is 0.0236. The molecule has 0 aliphatic heterocycles. The molecule has 0 fully saturated rings. The van der Waals surface area contributed by atoms with Crippen LogP contribution in [-0.4, -0.2) is 4.57 Å². The SMILES string of the molecule is C=C(c1c(-c2c(C)c(C)c(C)c(C)c2C)c(-c2c(C)c(C)c(C)c(C)c2C)n(C(C)(C)C(C)(C)[C@@](C)(CC)C(C)(C)[C@@](C)(CC)C(C)(C)C(=C)CC)c1C(C)(C(C)(C)C)C(C)(C)C)C(C)c1c(C)c(C)c(C)c(C)c1C. The average Bonchev–Trinajstić information content (AvgIpc) is 3.68. The molecule has 3 atom stereocenters. The lowest BCUT2D eigenvalue weighted by atomic mass is 9.37. The molecule has 4 aromatic rings. The third kappa shape index (κ3) is 8.71. The summed E-state index contributed by atoms with van der Waals surface area (Å²) in [4.78, 5) is 0. The van der Waals surface area contributed by atoms with Gasteiger partial charge in [0.05, 0.1) is 5.69 Å². The monoisotopic (exact) mass is 1030 g/mol. The van der Waals surface area contributed by atoms with E-state index >= 15 is 0 Å². The largest absolute Gasteiger partial charge is 0.337 e. The Morgan fingerprint density at radius 1 is 0.408 bits per heavy atom. The molecule has 0 bridgehead atoms. The molecule has 0 aliphatic rings. The van der Waals surface area contributed by atoms with Gasteiger partial charge in [0.1, 0.15) is 0 Å². The molecular formula is C75H119N. The highest BCUT2D eigenvalue weighted by atomic mass is 15.1. The number of allylic oxidation sites excluding steroid dienone is 2. The second-order valence-corrected chi connectivity index (χ2v) is 30.0. The summed E-state index contributed by atoms with van der Waals surface area (Å²) in [6.07, 6.45) is 3.05. The number of aromatic nitrogens is 1. The van der Waals surface area contributed by atoms with Crippen molar-refractivity contribution in [2.75, 3.05) is 0 Å². The van der Waals surface area contributed by atoms with Crippen molar-refractivity contribution in [3.63, 3.8) is 0 Å². The fourth-order valence-electron chi connectivity index (χ4n) is 16.3. The Bertz CT molecular complexity index is 2850. The standard InChI is InChI=1S/C75H119N/c1-39-42(4)69(28,29)73(36,40-2)71(32,33)74(37,41-3)70(30,31)72(34,35)76-65(62-56(18)50(12)45(7)51(13)57(62)19)64(61-54(16)48(10)44(6)49(11)55(61)17)63(66(76)75(38,67(22,23)24)68(25,26)27)59(21)58(20)60-52(14)46(8)43(5)47(9)53(60)15/h58H,4,21,39-41H2,1-3,5-20,22-38H3/t58?,73-,74+/m0/s1. The average molecular weight is 1030 g/mol. The van der Waals surface area contributed by atoms with Gasteiger partial charge in [-0.3, -0.25) is 0 Å². The minimum absolute atomic E-state index is 0.0236. The molecule has 0 saturated carbocycles. The third-order valence-corrected chi connectivity index (χ3v) is 25.8. The van der Waals surface area contributed by atoms with Crippen molar-refractivity contribution in [1.29, 1.82) is 0 Å². The highest BCUT2D eigenvalue weighted by Crippen LogP contribution is 2.72. The van der Waals surface area contributed by atoms with Gasteiger partial charge in [-0.25, -0.2) is 0 Å². The van der Waals surface area contributed by atoms with Gasteiger partial charge in [-0.15, -0.1) is 0 Å². The van der Waals surface area contributed by atoms with E-state index in [0.29, 0.717) is 0 Å². The Kier molecular flexibility index (Phi) is 17.5. The molecule has 76 heavy (non-hydrogen) atoms. The lowest BCUT2D eigenvalue weighted by molar-refractivity contribution is -0.182. The summed E-state index contributed by atoms with van der Waals surface area (Å²) in [6.45, 7) is 100. The molecule has 4 rings (SSSR count). The highest BCUT2D eigenvalue weighted by molar-refractivity contribution is 5.99. The molecule has 1 unspecified atom stereocenters. The van der Waals surface area contributed by atoms with Crippen LogP contribution in [0.15, 0.2) is 18.7 Å². The third-order valence-electron chi connectivity index (χ3n) is 25.8. The van der Waals surface area contributed by atoms with Crippen LogP contribution in [0.2, 0.25) is 0 Å². The van der Waals surface area contributed by atoms with Crippen LogP contribution in [0, 0.1) is 142 Å². The molecule has 1 heterocycles. The van der Waals surface area contributed by atoms with E-state index in [4.69, 9.17) is 13.2 Å². The minimum Gasteiger partial charge on any atom is -0.337 e. The summed E-state index contributed by atoms with van der Waals surface area (Å²) < 4.78 is 3.06. The summed E-state index contributed by atoms with van der Waals surface area (Å²) in [6, 6.07) is 0. The van der Waals surface area contributed by atoms with Crippen molar-refractivity contribution in [2.24, 2.45) is 37.9 Å². The fraction of sp³-hybridized carbons (Fsp3) is 0.653. The molecule has 0 N–H and O–H groups in total. The second kappa shape index (κ2) is 20.5. The van der Waals surface area contributed by atoms with Gasteiger partial charge in [-0.2, -0.15) is 0 Å². The number of hydrogen-bond donors (Lipinski definition) is 0. The fourth-order valence-corrected chi connectivity index (χ4v) is 16.3. The Morgan fingerprint density at radius 3 is 1.04 bits per heavy atom.